The predicted molar refractivity (Wildman–Crippen MR) is 60.6 cm³/mol. The number of piperidine rings is 1. The summed E-state index contributed by atoms with van der Waals surface area (Å²) in [5, 5.41) is 30.0. The van der Waals surface area contributed by atoms with Crippen LogP contribution in [0, 0.1) is 5.92 Å². The number of hydrogen-bond acceptors (Lipinski definition) is 6. The Hall–Kier alpha value is -0.690. The molecule has 3 N–H and O–H groups in total. The Bertz CT molecular complexity index is 345. The van der Waals surface area contributed by atoms with Gasteiger partial charge in [0, 0.05) is 13.1 Å². The lowest BCUT2D eigenvalue weighted by Crippen LogP contribution is -2.62. The highest BCUT2D eigenvalue weighted by molar-refractivity contribution is 5.75. The topological polar surface area (TPSA) is 90.2 Å². The number of nitrogens with zero attached hydrogens (tertiary/aromatic N) is 1. The van der Waals surface area contributed by atoms with Gasteiger partial charge in [0.15, 0.2) is 6.10 Å². The third kappa shape index (κ3) is 2.03. The van der Waals surface area contributed by atoms with Crippen LogP contribution in [0.1, 0.15) is 19.3 Å². The SMILES string of the molecule is O=C(O[C@H]1[C@H](O)[C@H]2[C@@H](O)CCN2C[C@@H]1O)C1CC1. The number of carbonyl (C=O) groups is 1. The van der Waals surface area contributed by atoms with Crippen molar-refractivity contribution >= 4 is 5.97 Å². The van der Waals surface area contributed by atoms with Gasteiger partial charge in [0.05, 0.1) is 18.1 Å². The van der Waals surface area contributed by atoms with Crippen molar-refractivity contribution in [3.63, 3.8) is 0 Å². The highest BCUT2D eigenvalue weighted by Crippen LogP contribution is 2.34. The lowest BCUT2D eigenvalue weighted by molar-refractivity contribution is -0.185. The monoisotopic (exact) mass is 257 g/mol. The van der Waals surface area contributed by atoms with Gasteiger partial charge in [-0.05, 0) is 19.3 Å². The number of fused-ring (bicyclic) bond motifs is 1. The summed E-state index contributed by atoms with van der Waals surface area (Å²) in [5.74, 6) is -0.394. The first-order chi connectivity index (χ1) is 8.58. The molecular weight excluding hydrogens is 238 g/mol. The predicted octanol–water partition coefficient (Wildman–Crippen LogP) is -1.52. The van der Waals surface area contributed by atoms with Crippen molar-refractivity contribution in [2.75, 3.05) is 13.1 Å². The van der Waals surface area contributed by atoms with Gasteiger partial charge in [-0.1, -0.05) is 0 Å². The van der Waals surface area contributed by atoms with Crippen LogP contribution in [-0.2, 0) is 9.53 Å². The molecule has 3 aliphatic rings. The van der Waals surface area contributed by atoms with E-state index in [1.807, 2.05) is 4.90 Å². The van der Waals surface area contributed by atoms with Crippen LogP contribution in [0.2, 0.25) is 0 Å². The van der Waals surface area contributed by atoms with E-state index in [0.29, 0.717) is 19.5 Å². The van der Waals surface area contributed by atoms with Gasteiger partial charge in [0.25, 0.3) is 0 Å². The molecule has 5 atom stereocenters. The van der Waals surface area contributed by atoms with E-state index in [0.717, 1.165) is 12.8 Å². The standard InChI is InChI=1S/C12H19NO5/c14-7-3-4-13-5-8(15)11(10(16)9(7)13)18-12(17)6-1-2-6/h6-11,14-16H,1-5H2/t7-,8-,9+,10+,11+/m0/s1. The number of ether oxygens (including phenoxy) is 1. The molecule has 0 radical (unpaired) electrons. The quantitative estimate of drug-likeness (QED) is 0.520. The first kappa shape index (κ1) is 12.3. The van der Waals surface area contributed by atoms with Gasteiger partial charge in [0.2, 0.25) is 0 Å². The average molecular weight is 257 g/mol. The molecule has 6 nitrogen and oxygen atoms in total. The third-order valence-electron chi connectivity index (χ3n) is 4.18. The van der Waals surface area contributed by atoms with Crippen molar-refractivity contribution in [1.29, 1.82) is 0 Å². The van der Waals surface area contributed by atoms with E-state index in [9.17, 15) is 20.1 Å². The van der Waals surface area contributed by atoms with Crippen molar-refractivity contribution in [2.24, 2.45) is 5.92 Å². The second-order valence-electron chi connectivity index (χ2n) is 5.58. The van der Waals surface area contributed by atoms with E-state index in [1.165, 1.54) is 0 Å². The minimum atomic E-state index is -1.02. The normalized spacial score (nSPS) is 44.7. The van der Waals surface area contributed by atoms with Crippen LogP contribution in [0.25, 0.3) is 0 Å². The van der Waals surface area contributed by atoms with Gasteiger partial charge in [0.1, 0.15) is 12.2 Å². The smallest absolute Gasteiger partial charge is 0.309 e. The molecule has 0 spiro atoms. The molecule has 0 aromatic heterocycles. The van der Waals surface area contributed by atoms with E-state index in [1.54, 1.807) is 0 Å². The van der Waals surface area contributed by atoms with E-state index in [2.05, 4.69) is 0 Å². The number of esters is 1. The molecule has 18 heavy (non-hydrogen) atoms. The van der Waals surface area contributed by atoms with Crippen molar-refractivity contribution in [3.05, 3.63) is 0 Å². The van der Waals surface area contributed by atoms with Gasteiger partial charge in [-0.15, -0.1) is 0 Å². The van der Waals surface area contributed by atoms with Crippen molar-refractivity contribution in [3.8, 4) is 0 Å². The zero-order valence-corrected chi connectivity index (χ0v) is 10.1. The number of aliphatic hydroxyl groups is 3. The molecule has 3 fully saturated rings. The lowest BCUT2D eigenvalue weighted by atomic mass is 9.93. The Labute approximate surface area is 105 Å². The molecule has 0 unspecified atom stereocenters. The number of hydrogen-bond donors (Lipinski definition) is 3. The van der Waals surface area contributed by atoms with Gasteiger partial charge >= 0.3 is 5.97 Å². The fraction of sp³-hybridized carbons (Fsp3) is 0.917. The highest BCUT2D eigenvalue weighted by atomic mass is 16.6. The largest absolute Gasteiger partial charge is 0.456 e. The number of carbonyl (C=O) groups excluding carboxylic acids is 1. The van der Waals surface area contributed by atoms with Gasteiger partial charge in [-0.3, -0.25) is 9.69 Å². The second-order valence-corrected chi connectivity index (χ2v) is 5.58. The van der Waals surface area contributed by atoms with Gasteiger partial charge in [-0.25, -0.2) is 0 Å². The lowest BCUT2D eigenvalue weighted by Gasteiger charge is -2.42. The maximum absolute atomic E-state index is 11.6. The van der Waals surface area contributed by atoms with E-state index in [-0.39, 0.29) is 11.9 Å². The Morgan fingerprint density at radius 1 is 1.11 bits per heavy atom. The summed E-state index contributed by atoms with van der Waals surface area (Å²) >= 11 is 0. The molecule has 0 aromatic carbocycles. The molecule has 3 rings (SSSR count). The molecule has 102 valence electrons. The molecule has 2 saturated heterocycles. The Morgan fingerprint density at radius 3 is 2.50 bits per heavy atom. The minimum Gasteiger partial charge on any atom is -0.456 e. The molecule has 0 bridgehead atoms. The van der Waals surface area contributed by atoms with E-state index >= 15 is 0 Å². The molecule has 0 aromatic rings. The minimum absolute atomic E-state index is 0.0593. The van der Waals surface area contributed by atoms with Crippen LogP contribution in [0.3, 0.4) is 0 Å². The summed E-state index contributed by atoms with van der Waals surface area (Å²) < 4.78 is 5.22. The summed E-state index contributed by atoms with van der Waals surface area (Å²) in [4.78, 5) is 13.5. The second kappa shape index (κ2) is 4.45. The van der Waals surface area contributed by atoms with E-state index in [4.69, 9.17) is 4.74 Å². The molecule has 0 amide bonds. The molecule has 2 aliphatic heterocycles. The van der Waals surface area contributed by atoms with Gasteiger partial charge < -0.3 is 20.1 Å². The number of aliphatic hydroxyl groups excluding tert-OH is 3. The molecule has 1 saturated carbocycles. The van der Waals surface area contributed by atoms with Crippen LogP contribution in [0.4, 0.5) is 0 Å². The Balaban J connectivity index is 1.70. The first-order valence-corrected chi connectivity index (χ1v) is 6.56. The van der Waals surface area contributed by atoms with E-state index < -0.39 is 30.5 Å². The summed E-state index contributed by atoms with van der Waals surface area (Å²) in [6.45, 7) is 0.991. The van der Waals surface area contributed by atoms with Gasteiger partial charge in [-0.2, -0.15) is 0 Å². The van der Waals surface area contributed by atoms with Crippen molar-refractivity contribution in [2.45, 2.75) is 49.7 Å². The molecular formula is C12H19NO5. The fourth-order valence-electron chi connectivity index (χ4n) is 2.98. The summed E-state index contributed by atoms with van der Waals surface area (Å²) in [5.41, 5.74) is 0. The maximum Gasteiger partial charge on any atom is 0.309 e. The summed E-state index contributed by atoms with van der Waals surface area (Å²) in [6, 6.07) is -0.426. The van der Waals surface area contributed by atoms with Crippen molar-refractivity contribution in [1.82, 2.24) is 4.90 Å². The molecule has 2 heterocycles. The van der Waals surface area contributed by atoms with Crippen molar-refractivity contribution < 1.29 is 24.9 Å². The highest BCUT2D eigenvalue weighted by Gasteiger charge is 2.50. The Kier molecular flexibility index (Phi) is 3.05. The Morgan fingerprint density at radius 2 is 1.83 bits per heavy atom. The molecule has 6 heteroatoms. The third-order valence-corrected chi connectivity index (χ3v) is 4.18. The van der Waals surface area contributed by atoms with Crippen LogP contribution in [0.5, 0.6) is 0 Å². The fourth-order valence-corrected chi connectivity index (χ4v) is 2.98. The van der Waals surface area contributed by atoms with Crippen LogP contribution >= 0.6 is 0 Å². The zero-order chi connectivity index (χ0) is 12.9. The summed E-state index contributed by atoms with van der Waals surface area (Å²) in [6.07, 6.45) is -1.19. The number of rotatable bonds is 2. The summed E-state index contributed by atoms with van der Waals surface area (Å²) in [7, 11) is 0. The van der Waals surface area contributed by atoms with Crippen LogP contribution < -0.4 is 0 Å². The van der Waals surface area contributed by atoms with Crippen LogP contribution in [0.15, 0.2) is 0 Å². The zero-order valence-electron chi connectivity index (χ0n) is 10.1. The molecule has 1 aliphatic carbocycles. The average Bonchev–Trinajstić information content (AvgIpc) is 3.10. The maximum atomic E-state index is 11.6. The van der Waals surface area contributed by atoms with Crippen LogP contribution in [-0.4, -0.2) is 69.7 Å². The first-order valence-electron chi connectivity index (χ1n) is 6.56.